The third-order valence-electron chi connectivity index (χ3n) is 1.49. The smallest absolute Gasteiger partial charge is 0.145 e. The van der Waals surface area contributed by atoms with Gasteiger partial charge < -0.3 is 28.5 Å². The number of carbonyl (C=O) groups excluding carboxylic acids is 2. The Morgan fingerprint density at radius 3 is 1.19 bits per heavy atom. The van der Waals surface area contributed by atoms with Crippen LogP contribution in [-0.4, -0.2) is 65.4 Å². The Morgan fingerprint density at radius 2 is 0.875 bits per heavy atom. The molecule has 0 aromatic rings. The summed E-state index contributed by atoms with van der Waals surface area (Å²) in [4.78, 5) is 19.7. The number of aldehydes is 2. The van der Waals surface area contributed by atoms with E-state index >= 15 is 0 Å². The number of rotatable bonds is 13. The summed E-state index contributed by atoms with van der Waals surface area (Å²) in [5, 5.41) is 0. The number of carbonyl (C=O) groups is 2. The van der Waals surface area contributed by atoms with Gasteiger partial charge in [0.15, 0.2) is 0 Å². The fourth-order valence-corrected chi connectivity index (χ4v) is 0.821. The summed E-state index contributed by atoms with van der Waals surface area (Å²) in [7, 11) is 0. The topological polar surface area (TPSA) is 71.1 Å². The minimum atomic E-state index is 0.105. The van der Waals surface area contributed by atoms with Crippen LogP contribution in [0.3, 0.4) is 0 Å². The largest absolute Gasteiger partial charge is 0.377 e. The highest BCUT2D eigenvalue weighted by Gasteiger charge is 1.91. The lowest BCUT2D eigenvalue weighted by atomic mass is 10.7. The molecule has 0 atom stereocenters. The molecule has 0 N–H and O–H groups in total. The van der Waals surface area contributed by atoms with Crippen molar-refractivity contribution in [2.24, 2.45) is 0 Å². The Bertz CT molecular complexity index is 143. The SMILES string of the molecule is O=CCOCCOCCOCCOCC=O. The van der Waals surface area contributed by atoms with Crippen LogP contribution < -0.4 is 0 Å². The molecule has 94 valence electrons. The van der Waals surface area contributed by atoms with Crippen LogP contribution in [0.4, 0.5) is 0 Å². The molecule has 0 saturated carbocycles. The number of hydrogen-bond donors (Lipinski definition) is 0. The average molecular weight is 234 g/mol. The van der Waals surface area contributed by atoms with Gasteiger partial charge in [0, 0.05) is 0 Å². The second-order valence-corrected chi connectivity index (χ2v) is 2.71. The first-order valence-corrected chi connectivity index (χ1v) is 5.10. The lowest BCUT2D eigenvalue weighted by molar-refractivity contribution is -0.113. The van der Waals surface area contributed by atoms with E-state index < -0.39 is 0 Å². The first-order valence-electron chi connectivity index (χ1n) is 5.10. The Morgan fingerprint density at radius 1 is 0.562 bits per heavy atom. The molecule has 0 aliphatic rings. The van der Waals surface area contributed by atoms with E-state index in [0.717, 1.165) is 0 Å². The Kier molecular flexibility index (Phi) is 13.5. The second kappa shape index (κ2) is 14.2. The standard InChI is InChI=1S/C10H18O6/c11-1-3-13-5-7-15-9-10-16-8-6-14-4-2-12/h1-2H,3-10H2. The fraction of sp³-hybridized carbons (Fsp3) is 0.800. The van der Waals surface area contributed by atoms with Crippen molar-refractivity contribution >= 4 is 12.6 Å². The molecule has 0 heterocycles. The predicted molar refractivity (Wildman–Crippen MR) is 55.4 cm³/mol. The molecule has 0 spiro atoms. The predicted octanol–water partition coefficient (Wildman–Crippen LogP) is -0.549. The van der Waals surface area contributed by atoms with Crippen molar-refractivity contribution in [2.75, 3.05) is 52.9 Å². The van der Waals surface area contributed by atoms with Crippen molar-refractivity contribution in [1.29, 1.82) is 0 Å². The van der Waals surface area contributed by atoms with Crippen molar-refractivity contribution in [1.82, 2.24) is 0 Å². The van der Waals surface area contributed by atoms with Gasteiger partial charge in [0.1, 0.15) is 25.8 Å². The molecule has 0 aromatic heterocycles. The summed E-state index contributed by atoms with van der Waals surface area (Å²) in [5.74, 6) is 0. The van der Waals surface area contributed by atoms with E-state index in [9.17, 15) is 9.59 Å². The maximum atomic E-state index is 9.87. The third-order valence-corrected chi connectivity index (χ3v) is 1.49. The molecular formula is C10H18O6. The molecule has 0 aliphatic heterocycles. The van der Waals surface area contributed by atoms with Crippen LogP contribution in [0.25, 0.3) is 0 Å². The second-order valence-electron chi connectivity index (χ2n) is 2.71. The number of ether oxygens (including phenoxy) is 4. The third kappa shape index (κ3) is 13.2. The van der Waals surface area contributed by atoms with Gasteiger partial charge in [0.05, 0.1) is 39.6 Å². The molecule has 0 radical (unpaired) electrons. The summed E-state index contributed by atoms with van der Waals surface area (Å²) in [6.45, 7) is 2.85. The van der Waals surface area contributed by atoms with E-state index in [0.29, 0.717) is 52.2 Å². The van der Waals surface area contributed by atoms with Gasteiger partial charge in [0.2, 0.25) is 0 Å². The summed E-state index contributed by atoms with van der Waals surface area (Å²) in [6.07, 6.45) is 1.39. The van der Waals surface area contributed by atoms with Crippen molar-refractivity contribution in [2.45, 2.75) is 0 Å². The van der Waals surface area contributed by atoms with E-state index in [1.807, 2.05) is 0 Å². The molecule has 0 aliphatic carbocycles. The first-order chi connectivity index (χ1) is 7.91. The van der Waals surface area contributed by atoms with Crippen LogP contribution in [0.1, 0.15) is 0 Å². The molecular weight excluding hydrogens is 216 g/mol. The molecule has 0 amide bonds. The number of hydrogen-bond acceptors (Lipinski definition) is 6. The lowest BCUT2D eigenvalue weighted by Gasteiger charge is -2.05. The van der Waals surface area contributed by atoms with Gasteiger partial charge in [-0.1, -0.05) is 0 Å². The zero-order chi connectivity index (χ0) is 11.9. The van der Waals surface area contributed by atoms with Crippen LogP contribution in [-0.2, 0) is 28.5 Å². The Balaban J connectivity index is 2.87. The van der Waals surface area contributed by atoms with Gasteiger partial charge in [-0.3, -0.25) is 0 Å². The molecule has 0 bridgehead atoms. The van der Waals surface area contributed by atoms with Crippen molar-refractivity contribution in [3.05, 3.63) is 0 Å². The lowest BCUT2D eigenvalue weighted by Crippen LogP contribution is -2.12. The summed E-state index contributed by atoms with van der Waals surface area (Å²) in [5.41, 5.74) is 0. The van der Waals surface area contributed by atoms with E-state index in [2.05, 4.69) is 0 Å². The molecule has 0 unspecified atom stereocenters. The van der Waals surface area contributed by atoms with Crippen molar-refractivity contribution in [3.8, 4) is 0 Å². The summed E-state index contributed by atoms with van der Waals surface area (Å²) >= 11 is 0. The highest BCUT2D eigenvalue weighted by molar-refractivity contribution is 5.50. The molecule has 6 heteroatoms. The maximum Gasteiger partial charge on any atom is 0.145 e. The monoisotopic (exact) mass is 234 g/mol. The van der Waals surface area contributed by atoms with Gasteiger partial charge in [-0.15, -0.1) is 0 Å². The fourth-order valence-electron chi connectivity index (χ4n) is 0.821. The van der Waals surface area contributed by atoms with Crippen LogP contribution in [0.2, 0.25) is 0 Å². The van der Waals surface area contributed by atoms with Crippen LogP contribution in [0.15, 0.2) is 0 Å². The van der Waals surface area contributed by atoms with Crippen molar-refractivity contribution < 1.29 is 28.5 Å². The van der Waals surface area contributed by atoms with Gasteiger partial charge in [-0.25, -0.2) is 0 Å². The maximum absolute atomic E-state index is 9.87. The van der Waals surface area contributed by atoms with Crippen LogP contribution in [0, 0.1) is 0 Å². The molecule has 16 heavy (non-hydrogen) atoms. The van der Waals surface area contributed by atoms with E-state index in [-0.39, 0.29) is 13.2 Å². The summed E-state index contributed by atoms with van der Waals surface area (Å²) < 4.78 is 20.0. The highest BCUT2D eigenvalue weighted by Crippen LogP contribution is 1.81. The molecule has 6 nitrogen and oxygen atoms in total. The van der Waals surface area contributed by atoms with E-state index in [1.165, 1.54) is 0 Å². The minimum absolute atomic E-state index is 0.105. The molecule has 0 rings (SSSR count). The van der Waals surface area contributed by atoms with E-state index in [1.54, 1.807) is 0 Å². The molecule has 0 aromatic carbocycles. The molecule has 0 saturated heterocycles. The van der Waals surface area contributed by atoms with Gasteiger partial charge in [-0.2, -0.15) is 0 Å². The normalized spacial score (nSPS) is 10.2. The minimum Gasteiger partial charge on any atom is -0.377 e. The quantitative estimate of drug-likeness (QED) is 0.314. The average Bonchev–Trinajstić information content (AvgIpc) is 2.31. The Labute approximate surface area is 94.8 Å². The highest BCUT2D eigenvalue weighted by atomic mass is 16.6. The van der Waals surface area contributed by atoms with Gasteiger partial charge >= 0.3 is 0 Å². The van der Waals surface area contributed by atoms with Gasteiger partial charge in [0.25, 0.3) is 0 Å². The zero-order valence-corrected chi connectivity index (χ0v) is 9.26. The zero-order valence-electron chi connectivity index (χ0n) is 9.26. The van der Waals surface area contributed by atoms with Crippen molar-refractivity contribution in [3.63, 3.8) is 0 Å². The summed E-state index contributed by atoms with van der Waals surface area (Å²) in [6, 6.07) is 0. The Hall–Kier alpha value is -0.820. The molecule has 0 fully saturated rings. The van der Waals surface area contributed by atoms with Gasteiger partial charge in [-0.05, 0) is 0 Å². The van der Waals surface area contributed by atoms with Crippen LogP contribution in [0.5, 0.6) is 0 Å². The first kappa shape index (κ1) is 15.2. The van der Waals surface area contributed by atoms with Crippen LogP contribution >= 0.6 is 0 Å². The van der Waals surface area contributed by atoms with E-state index in [4.69, 9.17) is 18.9 Å².